The quantitative estimate of drug-likeness (QED) is 0.537. The number of anilines is 3. The van der Waals surface area contributed by atoms with E-state index in [1.165, 1.54) is 5.56 Å². The van der Waals surface area contributed by atoms with Crippen molar-refractivity contribution >= 4 is 34.3 Å². The molecule has 7 nitrogen and oxygen atoms in total. The number of carbonyl (C=O) groups excluding carboxylic acids is 1. The Balaban J connectivity index is 1.45. The molecule has 0 radical (unpaired) electrons. The summed E-state index contributed by atoms with van der Waals surface area (Å²) in [6.07, 6.45) is 2.65. The molecule has 2 N–H and O–H groups in total. The molecule has 7 heteroatoms. The minimum absolute atomic E-state index is 0.00875. The highest BCUT2D eigenvalue weighted by Crippen LogP contribution is 2.27. The van der Waals surface area contributed by atoms with Gasteiger partial charge in [-0.2, -0.15) is 4.98 Å². The van der Waals surface area contributed by atoms with Crippen LogP contribution in [-0.4, -0.2) is 20.4 Å². The minimum atomic E-state index is -0.0696. The van der Waals surface area contributed by atoms with Crippen LogP contribution in [-0.2, 0) is 24.7 Å². The largest absolute Gasteiger partial charge is 0.326 e. The summed E-state index contributed by atoms with van der Waals surface area (Å²) in [6, 6.07) is 15.7. The second-order valence-electron chi connectivity index (χ2n) is 7.89. The van der Waals surface area contributed by atoms with E-state index in [0.29, 0.717) is 30.0 Å². The van der Waals surface area contributed by atoms with Gasteiger partial charge in [0.15, 0.2) is 0 Å². The molecule has 31 heavy (non-hydrogen) atoms. The zero-order valence-corrected chi connectivity index (χ0v) is 17.3. The first-order valence-corrected chi connectivity index (χ1v) is 10.1. The van der Waals surface area contributed by atoms with Gasteiger partial charge in [0.25, 0.3) is 5.56 Å². The molecule has 154 valence electrons. The molecule has 3 heterocycles. The van der Waals surface area contributed by atoms with E-state index < -0.39 is 0 Å². The van der Waals surface area contributed by atoms with Crippen molar-refractivity contribution in [2.45, 2.75) is 19.8 Å². The fourth-order valence-corrected chi connectivity index (χ4v) is 3.86. The summed E-state index contributed by atoms with van der Waals surface area (Å²) in [4.78, 5) is 33.5. The molecule has 0 aliphatic carbocycles. The van der Waals surface area contributed by atoms with Gasteiger partial charge in [-0.05, 0) is 42.3 Å². The summed E-state index contributed by atoms with van der Waals surface area (Å²) in [5, 5.41) is 6.79. The van der Waals surface area contributed by atoms with E-state index in [2.05, 4.69) is 20.6 Å². The number of nitrogens with one attached hydrogen (secondary N) is 2. The Bertz CT molecular complexity index is 1390. The molecule has 2 aromatic heterocycles. The fourth-order valence-electron chi connectivity index (χ4n) is 3.86. The van der Waals surface area contributed by atoms with Crippen LogP contribution in [0.3, 0.4) is 0 Å². The van der Waals surface area contributed by atoms with Crippen LogP contribution in [0.25, 0.3) is 11.0 Å². The highest BCUT2D eigenvalue weighted by atomic mass is 16.1. The van der Waals surface area contributed by atoms with Gasteiger partial charge in [-0.25, -0.2) is 4.98 Å². The van der Waals surface area contributed by atoms with Crippen LogP contribution < -0.4 is 16.2 Å². The standard InChI is InChI=1S/C24H21N5O2/c1-14-3-5-15(6-4-14)9-17-10-18-13-25-24(28-22(18)29(2)23(17)31)26-19-7-8-20-16(11-19)12-21(30)27-20/h3-8,10-11,13H,9,12H2,1-2H3,(H,27,30)(H,25,26,28). The number of carbonyl (C=O) groups is 1. The van der Waals surface area contributed by atoms with Gasteiger partial charge in [-0.1, -0.05) is 29.8 Å². The van der Waals surface area contributed by atoms with E-state index in [9.17, 15) is 9.59 Å². The molecule has 0 bridgehead atoms. The summed E-state index contributed by atoms with van der Waals surface area (Å²) in [5.41, 5.74) is 6.03. The van der Waals surface area contributed by atoms with E-state index in [0.717, 1.165) is 27.9 Å². The second kappa shape index (κ2) is 7.36. The lowest BCUT2D eigenvalue weighted by molar-refractivity contribution is -0.115. The van der Waals surface area contributed by atoms with E-state index in [-0.39, 0.29) is 11.5 Å². The lowest BCUT2D eigenvalue weighted by Crippen LogP contribution is -2.22. The highest BCUT2D eigenvalue weighted by Gasteiger charge is 2.18. The lowest BCUT2D eigenvalue weighted by atomic mass is 10.0. The zero-order valence-electron chi connectivity index (χ0n) is 17.3. The van der Waals surface area contributed by atoms with Gasteiger partial charge in [0, 0.05) is 42.0 Å². The Morgan fingerprint density at radius 3 is 2.71 bits per heavy atom. The van der Waals surface area contributed by atoms with E-state index in [1.807, 2.05) is 55.5 Å². The predicted octanol–water partition coefficient (Wildman–Crippen LogP) is 3.47. The third kappa shape index (κ3) is 3.66. The van der Waals surface area contributed by atoms with E-state index in [4.69, 9.17) is 0 Å². The summed E-state index contributed by atoms with van der Waals surface area (Å²) in [7, 11) is 1.73. The van der Waals surface area contributed by atoms with Gasteiger partial charge < -0.3 is 10.6 Å². The van der Waals surface area contributed by atoms with Crippen molar-refractivity contribution in [2.24, 2.45) is 7.05 Å². The fraction of sp³-hybridized carbons (Fsp3) is 0.167. The molecule has 1 aliphatic heterocycles. The number of hydrogen-bond donors (Lipinski definition) is 2. The Labute approximate surface area is 178 Å². The van der Waals surface area contributed by atoms with Crippen LogP contribution in [0.4, 0.5) is 17.3 Å². The second-order valence-corrected chi connectivity index (χ2v) is 7.89. The third-order valence-electron chi connectivity index (χ3n) is 5.52. The first kappa shape index (κ1) is 19.0. The van der Waals surface area contributed by atoms with Crippen molar-refractivity contribution in [3.05, 3.63) is 87.3 Å². The molecule has 1 aliphatic rings. The molecule has 0 unspecified atom stereocenters. The van der Waals surface area contributed by atoms with Crippen LogP contribution in [0, 0.1) is 6.92 Å². The number of rotatable bonds is 4. The number of aromatic nitrogens is 3. The average Bonchev–Trinajstić information content (AvgIpc) is 3.13. The SMILES string of the molecule is Cc1ccc(Cc2cc3cnc(Nc4ccc5c(c4)CC(=O)N5)nc3n(C)c2=O)cc1. The van der Waals surface area contributed by atoms with E-state index in [1.54, 1.807) is 17.8 Å². The van der Waals surface area contributed by atoms with Crippen molar-refractivity contribution in [1.82, 2.24) is 14.5 Å². The summed E-state index contributed by atoms with van der Waals surface area (Å²) in [5.74, 6) is 0.386. The molecule has 4 aromatic rings. The van der Waals surface area contributed by atoms with Crippen LogP contribution in [0.5, 0.6) is 0 Å². The maximum Gasteiger partial charge on any atom is 0.255 e. The Morgan fingerprint density at radius 2 is 1.90 bits per heavy atom. The van der Waals surface area contributed by atoms with Crippen LogP contribution in [0.15, 0.2) is 59.5 Å². The maximum absolute atomic E-state index is 12.9. The Morgan fingerprint density at radius 1 is 1.10 bits per heavy atom. The normalized spacial score (nSPS) is 12.6. The van der Waals surface area contributed by atoms with Crippen molar-refractivity contribution in [2.75, 3.05) is 10.6 Å². The summed E-state index contributed by atoms with van der Waals surface area (Å²) in [6.45, 7) is 2.04. The number of aryl methyl sites for hydroxylation is 2. The van der Waals surface area contributed by atoms with Gasteiger partial charge in [0.1, 0.15) is 5.65 Å². The van der Waals surface area contributed by atoms with Gasteiger partial charge in [-0.3, -0.25) is 14.2 Å². The van der Waals surface area contributed by atoms with Gasteiger partial charge in [0.05, 0.1) is 6.42 Å². The number of pyridine rings is 1. The number of nitrogens with zero attached hydrogens (tertiary/aromatic N) is 3. The molecule has 0 atom stereocenters. The third-order valence-corrected chi connectivity index (χ3v) is 5.52. The molecular formula is C24H21N5O2. The lowest BCUT2D eigenvalue weighted by Gasteiger charge is -2.11. The molecule has 1 amide bonds. The minimum Gasteiger partial charge on any atom is -0.326 e. The first-order valence-electron chi connectivity index (χ1n) is 10.1. The van der Waals surface area contributed by atoms with Crippen molar-refractivity contribution in [3.8, 4) is 0 Å². The molecule has 0 spiro atoms. The Hall–Kier alpha value is -4.00. The highest BCUT2D eigenvalue weighted by molar-refractivity contribution is 5.99. The molecule has 2 aromatic carbocycles. The maximum atomic E-state index is 12.9. The molecule has 0 fully saturated rings. The van der Waals surface area contributed by atoms with E-state index >= 15 is 0 Å². The number of amides is 1. The Kier molecular flexibility index (Phi) is 4.51. The smallest absolute Gasteiger partial charge is 0.255 e. The molecule has 5 rings (SSSR count). The van der Waals surface area contributed by atoms with Crippen LogP contribution in [0.1, 0.15) is 22.3 Å². The number of benzene rings is 2. The summed E-state index contributed by atoms with van der Waals surface area (Å²) < 4.78 is 1.57. The van der Waals surface area contributed by atoms with Crippen LogP contribution in [0.2, 0.25) is 0 Å². The van der Waals surface area contributed by atoms with Crippen molar-refractivity contribution in [3.63, 3.8) is 0 Å². The molecule has 0 saturated carbocycles. The number of fused-ring (bicyclic) bond motifs is 2. The molecular weight excluding hydrogens is 390 g/mol. The van der Waals surface area contributed by atoms with Gasteiger partial charge in [-0.15, -0.1) is 0 Å². The van der Waals surface area contributed by atoms with Gasteiger partial charge >= 0.3 is 0 Å². The van der Waals surface area contributed by atoms with Crippen molar-refractivity contribution in [1.29, 1.82) is 0 Å². The first-order chi connectivity index (χ1) is 15.0. The van der Waals surface area contributed by atoms with Crippen molar-refractivity contribution < 1.29 is 4.79 Å². The monoisotopic (exact) mass is 411 g/mol. The van der Waals surface area contributed by atoms with Gasteiger partial charge in [0.2, 0.25) is 11.9 Å². The number of hydrogen-bond acceptors (Lipinski definition) is 5. The van der Waals surface area contributed by atoms with Crippen LogP contribution >= 0.6 is 0 Å². The predicted molar refractivity (Wildman–Crippen MR) is 121 cm³/mol. The summed E-state index contributed by atoms with van der Waals surface area (Å²) >= 11 is 0. The molecule has 0 saturated heterocycles. The average molecular weight is 411 g/mol. The zero-order chi connectivity index (χ0) is 21.5. The topological polar surface area (TPSA) is 88.9 Å².